The summed E-state index contributed by atoms with van der Waals surface area (Å²) < 4.78 is 0. The molecule has 0 aliphatic carbocycles. The van der Waals surface area contributed by atoms with E-state index in [2.05, 4.69) is 20.8 Å². The van der Waals surface area contributed by atoms with E-state index in [0.717, 1.165) is 32.2 Å². The van der Waals surface area contributed by atoms with Crippen LogP contribution in [0.25, 0.3) is 0 Å². The summed E-state index contributed by atoms with van der Waals surface area (Å²) in [6.07, 6.45) is 7.31. The molecule has 3 heteroatoms. The maximum Gasteiger partial charge on any atom is 0.222 e. The Morgan fingerprint density at radius 2 is 1.72 bits per heavy atom. The first-order valence-corrected chi connectivity index (χ1v) is 7.52. The van der Waals surface area contributed by atoms with Crippen LogP contribution in [0.1, 0.15) is 65.7 Å². The van der Waals surface area contributed by atoms with Crippen molar-refractivity contribution in [1.29, 1.82) is 0 Å². The smallest absolute Gasteiger partial charge is 0.222 e. The fourth-order valence-corrected chi connectivity index (χ4v) is 2.44. The van der Waals surface area contributed by atoms with Gasteiger partial charge in [-0.3, -0.25) is 4.79 Å². The van der Waals surface area contributed by atoms with E-state index in [4.69, 9.17) is 5.73 Å². The highest BCUT2D eigenvalue weighted by atomic mass is 16.2. The first-order chi connectivity index (χ1) is 8.56. The summed E-state index contributed by atoms with van der Waals surface area (Å²) in [6, 6.07) is 0.363. The third-order valence-electron chi connectivity index (χ3n) is 3.80. The van der Waals surface area contributed by atoms with Crippen LogP contribution in [0.5, 0.6) is 0 Å². The van der Waals surface area contributed by atoms with E-state index >= 15 is 0 Å². The summed E-state index contributed by atoms with van der Waals surface area (Å²) in [5, 5.41) is 0. The van der Waals surface area contributed by atoms with Gasteiger partial charge in [0.25, 0.3) is 0 Å². The van der Waals surface area contributed by atoms with Gasteiger partial charge in [0.05, 0.1) is 0 Å². The van der Waals surface area contributed by atoms with Crippen LogP contribution in [0, 0.1) is 5.92 Å². The number of nitrogens with two attached hydrogens (primary N) is 1. The minimum absolute atomic E-state index is 0.286. The molecule has 2 atom stereocenters. The minimum Gasteiger partial charge on any atom is -0.343 e. The van der Waals surface area contributed by atoms with Gasteiger partial charge in [0.15, 0.2) is 0 Å². The Kier molecular flexibility index (Phi) is 10.0. The lowest BCUT2D eigenvalue weighted by Gasteiger charge is -2.25. The predicted octanol–water partition coefficient (Wildman–Crippen LogP) is 3.18. The van der Waals surface area contributed by atoms with Crippen LogP contribution in [0.4, 0.5) is 0 Å². The van der Waals surface area contributed by atoms with E-state index < -0.39 is 0 Å². The molecule has 0 aliphatic heterocycles. The molecule has 0 radical (unpaired) electrons. The maximum atomic E-state index is 12.1. The van der Waals surface area contributed by atoms with Gasteiger partial charge in [-0.25, -0.2) is 0 Å². The Labute approximate surface area is 113 Å². The van der Waals surface area contributed by atoms with Gasteiger partial charge >= 0.3 is 0 Å². The lowest BCUT2D eigenvalue weighted by molar-refractivity contribution is -0.132. The molecule has 0 aromatic heterocycles. The molecule has 0 spiro atoms. The molecule has 0 heterocycles. The molecule has 0 saturated heterocycles. The number of carbonyl (C=O) groups is 1. The van der Waals surface area contributed by atoms with Gasteiger partial charge < -0.3 is 10.6 Å². The quantitative estimate of drug-likeness (QED) is 0.652. The Morgan fingerprint density at radius 3 is 2.22 bits per heavy atom. The molecule has 0 aliphatic rings. The zero-order valence-corrected chi connectivity index (χ0v) is 12.7. The molecule has 0 rings (SSSR count). The maximum absolute atomic E-state index is 12.1. The lowest BCUT2D eigenvalue weighted by Crippen LogP contribution is -2.35. The molecule has 18 heavy (non-hydrogen) atoms. The summed E-state index contributed by atoms with van der Waals surface area (Å²) in [5.74, 6) is 0.910. The van der Waals surface area contributed by atoms with E-state index in [1.165, 1.54) is 12.8 Å². The molecule has 0 bridgehead atoms. The van der Waals surface area contributed by atoms with Crippen molar-refractivity contribution < 1.29 is 4.79 Å². The van der Waals surface area contributed by atoms with Crippen LogP contribution in [-0.2, 0) is 4.79 Å². The molecule has 0 fully saturated rings. The van der Waals surface area contributed by atoms with Crippen molar-refractivity contribution in [3.8, 4) is 0 Å². The van der Waals surface area contributed by atoms with Crippen LogP contribution in [0.3, 0.4) is 0 Å². The Balaban J connectivity index is 4.05. The molecule has 3 nitrogen and oxygen atoms in total. The summed E-state index contributed by atoms with van der Waals surface area (Å²) in [5.41, 5.74) is 5.62. The second-order valence-electron chi connectivity index (χ2n) is 5.41. The average Bonchev–Trinajstić information content (AvgIpc) is 2.35. The van der Waals surface area contributed by atoms with Crippen molar-refractivity contribution in [2.45, 2.75) is 71.8 Å². The Morgan fingerprint density at radius 1 is 1.11 bits per heavy atom. The van der Waals surface area contributed by atoms with Gasteiger partial charge in [0, 0.05) is 19.5 Å². The molecule has 2 N–H and O–H groups in total. The van der Waals surface area contributed by atoms with Crippen LogP contribution in [0.15, 0.2) is 0 Å². The standard InChI is InChI=1S/C15H32N2O/c1-5-7-13(3)17(4)15(18)10-9-14(8-6-2)11-12-16/h13-14H,5-12,16H2,1-4H3. The molecule has 2 unspecified atom stereocenters. The Hall–Kier alpha value is -0.570. The molecule has 0 aromatic carbocycles. The third-order valence-corrected chi connectivity index (χ3v) is 3.80. The SMILES string of the molecule is CCCC(CCN)CCC(=O)N(C)C(C)CCC. The first-order valence-electron chi connectivity index (χ1n) is 7.52. The van der Waals surface area contributed by atoms with Gasteiger partial charge in [-0.1, -0.05) is 33.1 Å². The van der Waals surface area contributed by atoms with E-state index in [-0.39, 0.29) is 5.91 Å². The predicted molar refractivity (Wildman–Crippen MR) is 78.4 cm³/mol. The largest absolute Gasteiger partial charge is 0.343 e. The van der Waals surface area contributed by atoms with Gasteiger partial charge in [-0.2, -0.15) is 0 Å². The fourth-order valence-electron chi connectivity index (χ4n) is 2.44. The second-order valence-corrected chi connectivity index (χ2v) is 5.41. The first kappa shape index (κ1) is 17.4. The number of hydrogen-bond donors (Lipinski definition) is 1. The molecule has 1 amide bonds. The van der Waals surface area contributed by atoms with E-state index in [0.29, 0.717) is 18.4 Å². The third kappa shape index (κ3) is 7.00. The second kappa shape index (κ2) is 10.4. The topological polar surface area (TPSA) is 46.3 Å². The lowest BCUT2D eigenvalue weighted by atomic mass is 9.94. The van der Waals surface area contributed by atoms with Gasteiger partial charge in [-0.05, 0) is 38.6 Å². The molecular formula is C15H32N2O. The highest BCUT2D eigenvalue weighted by Crippen LogP contribution is 2.18. The normalized spacial score (nSPS) is 14.3. The minimum atomic E-state index is 0.286. The van der Waals surface area contributed by atoms with Crippen molar-refractivity contribution in [3.63, 3.8) is 0 Å². The number of hydrogen-bond acceptors (Lipinski definition) is 2. The number of rotatable bonds is 10. The number of amides is 1. The molecule has 0 aromatic rings. The summed E-state index contributed by atoms with van der Waals surface area (Å²) in [7, 11) is 1.93. The summed E-state index contributed by atoms with van der Waals surface area (Å²) in [4.78, 5) is 14.0. The highest BCUT2D eigenvalue weighted by molar-refractivity contribution is 5.76. The summed E-state index contributed by atoms with van der Waals surface area (Å²) in [6.45, 7) is 7.22. The van der Waals surface area contributed by atoms with Gasteiger partial charge in [0.2, 0.25) is 5.91 Å². The van der Waals surface area contributed by atoms with Crippen molar-refractivity contribution in [2.75, 3.05) is 13.6 Å². The fraction of sp³-hybridized carbons (Fsp3) is 0.933. The number of carbonyl (C=O) groups excluding carboxylic acids is 1. The van der Waals surface area contributed by atoms with Crippen LogP contribution in [0.2, 0.25) is 0 Å². The van der Waals surface area contributed by atoms with Crippen LogP contribution < -0.4 is 5.73 Å². The van der Waals surface area contributed by atoms with E-state index in [1.54, 1.807) is 0 Å². The van der Waals surface area contributed by atoms with Crippen LogP contribution >= 0.6 is 0 Å². The summed E-state index contributed by atoms with van der Waals surface area (Å²) >= 11 is 0. The van der Waals surface area contributed by atoms with Crippen molar-refractivity contribution in [1.82, 2.24) is 4.90 Å². The zero-order chi connectivity index (χ0) is 14.0. The van der Waals surface area contributed by atoms with E-state index in [9.17, 15) is 4.79 Å². The highest BCUT2D eigenvalue weighted by Gasteiger charge is 2.16. The van der Waals surface area contributed by atoms with E-state index in [1.807, 2.05) is 11.9 Å². The molecular weight excluding hydrogens is 224 g/mol. The molecule has 108 valence electrons. The number of nitrogens with zero attached hydrogens (tertiary/aromatic N) is 1. The Bertz CT molecular complexity index is 213. The van der Waals surface area contributed by atoms with Crippen molar-refractivity contribution >= 4 is 5.91 Å². The zero-order valence-electron chi connectivity index (χ0n) is 12.7. The van der Waals surface area contributed by atoms with Crippen LogP contribution in [-0.4, -0.2) is 30.4 Å². The van der Waals surface area contributed by atoms with Crippen molar-refractivity contribution in [2.24, 2.45) is 11.7 Å². The van der Waals surface area contributed by atoms with Gasteiger partial charge in [0.1, 0.15) is 0 Å². The average molecular weight is 256 g/mol. The molecule has 0 saturated carbocycles. The van der Waals surface area contributed by atoms with Gasteiger partial charge in [-0.15, -0.1) is 0 Å². The van der Waals surface area contributed by atoms with Crippen molar-refractivity contribution in [3.05, 3.63) is 0 Å². The monoisotopic (exact) mass is 256 g/mol.